The molecule has 3 nitrogen and oxygen atoms in total. The molecule has 21 heavy (non-hydrogen) atoms. The first-order valence-electron chi connectivity index (χ1n) is 6.10. The molecule has 1 aromatic carbocycles. The van der Waals surface area contributed by atoms with Gasteiger partial charge in [0.1, 0.15) is 12.0 Å². The Morgan fingerprint density at radius 2 is 1.81 bits per heavy atom. The van der Waals surface area contributed by atoms with Crippen molar-refractivity contribution in [3.8, 4) is 0 Å². The fourth-order valence-electron chi connectivity index (χ4n) is 1.58. The number of pyridine rings is 1. The van der Waals surface area contributed by atoms with Crippen molar-refractivity contribution in [3.05, 3.63) is 57.1 Å². The molecule has 0 saturated heterocycles. The van der Waals surface area contributed by atoms with E-state index in [-0.39, 0.29) is 6.54 Å². The predicted octanol–water partition coefficient (Wildman–Crippen LogP) is 4.60. The molecule has 1 aromatic heterocycles. The molecule has 1 unspecified atom stereocenters. The number of hydrogen-bond acceptors (Lipinski definition) is 2. The van der Waals surface area contributed by atoms with Crippen molar-refractivity contribution in [3.63, 3.8) is 0 Å². The minimum Gasteiger partial charge on any atom is -0.359 e. The number of nitrogens with one attached hydrogen (secondary N) is 2. The molecule has 0 bridgehead atoms. The van der Waals surface area contributed by atoms with Crippen LogP contribution in [-0.4, -0.2) is 16.6 Å². The van der Waals surface area contributed by atoms with Gasteiger partial charge in [0.15, 0.2) is 5.11 Å². The zero-order valence-corrected chi connectivity index (χ0v) is 14.8. The van der Waals surface area contributed by atoms with Crippen LogP contribution in [-0.2, 0) is 0 Å². The Morgan fingerprint density at radius 3 is 2.43 bits per heavy atom. The number of rotatable bonds is 4. The van der Waals surface area contributed by atoms with Gasteiger partial charge >= 0.3 is 0 Å². The summed E-state index contributed by atoms with van der Waals surface area (Å²) in [7, 11) is 0. The molecule has 0 aliphatic rings. The zero-order valence-electron chi connectivity index (χ0n) is 10.8. The van der Waals surface area contributed by atoms with Crippen molar-refractivity contribution in [2.75, 3.05) is 11.9 Å². The third-order valence-electron chi connectivity index (χ3n) is 2.64. The van der Waals surface area contributed by atoms with E-state index in [9.17, 15) is 4.39 Å². The van der Waals surface area contributed by atoms with Gasteiger partial charge in [0.2, 0.25) is 0 Å². The minimum absolute atomic E-state index is 0.101. The van der Waals surface area contributed by atoms with Crippen molar-refractivity contribution in [1.82, 2.24) is 10.3 Å². The molecule has 0 fully saturated rings. The van der Waals surface area contributed by atoms with Crippen molar-refractivity contribution in [1.29, 1.82) is 0 Å². The molecule has 0 aliphatic carbocycles. The molecule has 1 atom stereocenters. The number of alkyl halides is 1. The molecule has 2 N–H and O–H groups in total. The summed E-state index contributed by atoms with van der Waals surface area (Å²) in [5.74, 6) is 0.606. The molecular formula is C14H12Br2FN3S. The second-order valence-corrected chi connectivity index (χ2v) is 6.46. The van der Waals surface area contributed by atoms with Crippen molar-refractivity contribution < 1.29 is 4.39 Å². The van der Waals surface area contributed by atoms with Crippen LogP contribution < -0.4 is 10.6 Å². The van der Waals surface area contributed by atoms with Crippen molar-refractivity contribution >= 4 is 55.0 Å². The molecule has 1 heterocycles. The summed E-state index contributed by atoms with van der Waals surface area (Å²) in [4.78, 5) is 4.13. The Hall–Kier alpha value is -1.05. The van der Waals surface area contributed by atoms with Gasteiger partial charge in [-0.2, -0.15) is 0 Å². The van der Waals surface area contributed by atoms with Gasteiger partial charge in [-0.15, -0.1) is 0 Å². The number of aromatic nitrogens is 1. The Kier molecular flexibility index (Phi) is 6.08. The molecule has 110 valence electrons. The van der Waals surface area contributed by atoms with Gasteiger partial charge in [-0.25, -0.2) is 9.37 Å². The molecule has 7 heteroatoms. The van der Waals surface area contributed by atoms with Gasteiger partial charge in [-0.3, -0.25) is 0 Å². The SMILES string of the molecule is FC(CNC(=S)Nc1ccc(Br)cn1)c1ccc(Br)cc1. The van der Waals surface area contributed by atoms with Gasteiger partial charge in [0.25, 0.3) is 0 Å². The van der Waals surface area contributed by atoms with E-state index in [1.165, 1.54) is 0 Å². The highest BCUT2D eigenvalue weighted by atomic mass is 79.9. The summed E-state index contributed by atoms with van der Waals surface area (Å²) in [5, 5.41) is 6.08. The average molecular weight is 433 g/mol. The maximum absolute atomic E-state index is 14.0. The Balaban J connectivity index is 1.83. The van der Waals surface area contributed by atoms with Crippen LogP contribution in [0.1, 0.15) is 11.7 Å². The maximum Gasteiger partial charge on any atom is 0.172 e. The van der Waals surface area contributed by atoms with Crippen molar-refractivity contribution in [2.45, 2.75) is 6.17 Å². The van der Waals surface area contributed by atoms with E-state index in [0.29, 0.717) is 16.5 Å². The lowest BCUT2D eigenvalue weighted by Gasteiger charge is -2.13. The summed E-state index contributed by atoms with van der Waals surface area (Å²) in [5.41, 5.74) is 0.607. The summed E-state index contributed by atoms with van der Waals surface area (Å²) in [6.45, 7) is 0.101. The highest BCUT2D eigenvalue weighted by molar-refractivity contribution is 9.10. The van der Waals surface area contributed by atoms with E-state index in [1.54, 1.807) is 24.4 Å². The zero-order chi connectivity index (χ0) is 15.2. The largest absolute Gasteiger partial charge is 0.359 e. The van der Waals surface area contributed by atoms with Gasteiger partial charge in [-0.1, -0.05) is 28.1 Å². The monoisotopic (exact) mass is 431 g/mol. The summed E-state index contributed by atoms with van der Waals surface area (Å²) < 4.78 is 15.8. The lowest BCUT2D eigenvalue weighted by atomic mass is 10.1. The van der Waals surface area contributed by atoms with Crippen LogP contribution in [0.3, 0.4) is 0 Å². The number of anilines is 1. The number of halogens is 3. The molecular weight excluding hydrogens is 421 g/mol. The van der Waals surface area contributed by atoms with E-state index in [2.05, 4.69) is 47.5 Å². The summed E-state index contributed by atoms with van der Waals surface area (Å²) in [6.07, 6.45) is 0.529. The van der Waals surface area contributed by atoms with Crippen LogP contribution in [0.5, 0.6) is 0 Å². The van der Waals surface area contributed by atoms with E-state index in [4.69, 9.17) is 12.2 Å². The van der Waals surface area contributed by atoms with Gasteiger partial charge < -0.3 is 10.6 Å². The molecule has 0 spiro atoms. The highest BCUT2D eigenvalue weighted by Crippen LogP contribution is 2.19. The van der Waals surface area contributed by atoms with Gasteiger partial charge in [0.05, 0.1) is 6.54 Å². The first-order chi connectivity index (χ1) is 10.0. The second-order valence-electron chi connectivity index (χ2n) is 4.22. The first-order valence-corrected chi connectivity index (χ1v) is 8.10. The Labute approximate surface area is 144 Å². The summed E-state index contributed by atoms with van der Waals surface area (Å²) in [6, 6.07) is 10.7. The van der Waals surface area contributed by atoms with Crippen LogP contribution in [0.4, 0.5) is 10.2 Å². The maximum atomic E-state index is 14.0. The lowest BCUT2D eigenvalue weighted by molar-refractivity contribution is 0.343. The van der Waals surface area contributed by atoms with E-state index in [0.717, 1.165) is 8.95 Å². The number of hydrogen-bond donors (Lipinski definition) is 2. The molecule has 0 aliphatic heterocycles. The lowest BCUT2D eigenvalue weighted by Crippen LogP contribution is -2.31. The quantitative estimate of drug-likeness (QED) is 0.692. The fourth-order valence-corrected chi connectivity index (χ4v) is 2.27. The Morgan fingerprint density at radius 1 is 1.14 bits per heavy atom. The van der Waals surface area contributed by atoms with Crippen LogP contribution in [0.15, 0.2) is 51.5 Å². The van der Waals surface area contributed by atoms with Crippen molar-refractivity contribution in [2.24, 2.45) is 0 Å². The van der Waals surface area contributed by atoms with Gasteiger partial charge in [0, 0.05) is 15.1 Å². The highest BCUT2D eigenvalue weighted by Gasteiger charge is 2.10. The average Bonchev–Trinajstić information content (AvgIpc) is 2.48. The molecule has 0 amide bonds. The van der Waals surface area contributed by atoms with Crippen LogP contribution in [0.25, 0.3) is 0 Å². The fraction of sp³-hybridized carbons (Fsp3) is 0.143. The minimum atomic E-state index is -1.13. The summed E-state index contributed by atoms with van der Waals surface area (Å²) >= 11 is 11.7. The number of thiocarbonyl (C=S) groups is 1. The Bertz CT molecular complexity index is 605. The normalized spacial score (nSPS) is 11.8. The molecule has 2 rings (SSSR count). The van der Waals surface area contributed by atoms with Gasteiger partial charge in [-0.05, 0) is 58.0 Å². The molecule has 2 aromatic rings. The molecule has 0 saturated carbocycles. The molecule has 0 radical (unpaired) electrons. The third kappa shape index (κ3) is 5.33. The first kappa shape index (κ1) is 16.3. The second kappa shape index (κ2) is 7.82. The number of benzene rings is 1. The van der Waals surface area contributed by atoms with Crippen LogP contribution in [0.2, 0.25) is 0 Å². The smallest absolute Gasteiger partial charge is 0.172 e. The topological polar surface area (TPSA) is 37.0 Å². The van der Waals surface area contributed by atoms with E-state index in [1.807, 2.05) is 18.2 Å². The number of nitrogens with zero attached hydrogens (tertiary/aromatic N) is 1. The predicted molar refractivity (Wildman–Crippen MR) is 94.2 cm³/mol. The van der Waals surface area contributed by atoms with Crippen LogP contribution >= 0.6 is 44.1 Å². The van der Waals surface area contributed by atoms with Crippen LogP contribution in [0, 0.1) is 0 Å². The van der Waals surface area contributed by atoms with E-state index < -0.39 is 6.17 Å². The third-order valence-corrected chi connectivity index (χ3v) is 3.89. The van der Waals surface area contributed by atoms with E-state index >= 15 is 0 Å². The standard InChI is InChI=1S/C14H12Br2FN3S/c15-10-3-1-9(2-4-10)12(17)8-19-14(21)20-13-6-5-11(16)7-18-13/h1-7,12H,8H2,(H2,18,19,20,21).